The molecule has 2 saturated heterocycles. The molecule has 2 aliphatic heterocycles. The molecule has 1 atom stereocenters. The van der Waals surface area contributed by atoms with Crippen molar-refractivity contribution in [3.05, 3.63) is 58.0 Å². The molecule has 1 amide bonds. The molecular formula is C31H32Cl2N8O3. The van der Waals surface area contributed by atoms with E-state index in [1.54, 1.807) is 25.4 Å². The van der Waals surface area contributed by atoms with Gasteiger partial charge in [0.05, 0.1) is 33.8 Å². The van der Waals surface area contributed by atoms with Crippen LogP contribution < -0.4 is 25.0 Å². The van der Waals surface area contributed by atoms with Crippen molar-refractivity contribution < 1.29 is 14.3 Å². The van der Waals surface area contributed by atoms with Crippen molar-refractivity contribution in [3.63, 3.8) is 0 Å². The van der Waals surface area contributed by atoms with Gasteiger partial charge in [0.1, 0.15) is 23.7 Å². The van der Waals surface area contributed by atoms with Crippen LogP contribution >= 0.6 is 23.2 Å². The number of ether oxygens (including phenoxy) is 2. The molecule has 5 heterocycles. The van der Waals surface area contributed by atoms with Crippen molar-refractivity contribution >= 4 is 45.8 Å². The van der Waals surface area contributed by atoms with Gasteiger partial charge >= 0.3 is 0 Å². The van der Waals surface area contributed by atoms with Gasteiger partial charge in [-0.1, -0.05) is 23.2 Å². The number of fused-ring (bicyclic) bond motifs is 1. The highest BCUT2D eigenvalue weighted by molar-refractivity contribution is 6.35. The third kappa shape index (κ3) is 5.73. The number of halogens is 2. The third-order valence-corrected chi connectivity index (χ3v) is 8.82. The fraction of sp³-hybridized carbons (Fsp3) is 0.387. The minimum absolute atomic E-state index is 0.0400. The molecule has 0 aliphatic carbocycles. The van der Waals surface area contributed by atoms with Crippen LogP contribution in [0.2, 0.25) is 10.0 Å². The molecule has 1 aromatic carbocycles. The highest BCUT2D eigenvalue weighted by Crippen LogP contribution is 2.40. The van der Waals surface area contributed by atoms with Crippen LogP contribution in [0.25, 0.3) is 22.2 Å². The molecule has 0 saturated carbocycles. The predicted octanol–water partition coefficient (Wildman–Crippen LogP) is 5.04. The van der Waals surface area contributed by atoms with Crippen LogP contribution in [0.1, 0.15) is 43.9 Å². The number of hydrogen-bond acceptors (Lipinski definition) is 9. The summed E-state index contributed by atoms with van der Waals surface area (Å²) in [5, 5.41) is 25.7. The number of carbonyl (C=O) groups excluding carboxylic acids is 1. The van der Waals surface area contributed by atoms with Crippen molar-refractivity contribution in [2.45, 2.75) is 38.3 Å². The van der Waals surface area contributed by atoms with Crippen molar-refractivity contribution in [2.24, 2.45) is 5.92 Å². The normalized spacial score (nSPS) is 17.0. The number of amides is 1. The molecule has 228 valence electrons. The summed E-state index contributed by atoms with van der Waals surface area (Å²) in [6.07, 6.45) is 5.94. The Bertz CT molecular complexity index is 1740. The average molecular weight is 636 g/mol. The maximum Gasteiger partial charge on any atom is 0.223 e. The number of carbonyl (C=O) groups is 1. The van der Waals surface area contributed by atoms with Crippen molar-refractivity contribution in [2.75, 3.05) is 38.2 Å². The van der Waals surface area contributed by atoms with E-state index in [2.05, 4.69) is 36.9 Å². The number of benzene rings is 1. The average Bonchev–Trinajstić information content (AvgIpc) is 3.42. The number of aromatic nitrogens is 4. The van der Waals surface area contributed by atoms with Gasteiger partial charge in [-0.2, -0.15) is 10.4 Å². The van der Waals surface area contributed by atoms with E-state index in [9.17, 15) is 10.1 Å². The number of anilines is 1. The fourth-order valence-electron chi connectivity index (χ4n) is 5.99. The van der Waals surface area contributed by atoms with Crippen LogP contribution in [0.15, 0.2) is 36.8 Å². The quantitative estimate of drug-likeness (QED) is 0.243. The molecule has 0 bridgehead atoms. The van der Waals surface area contributed by atoms with Crippen molar-refractivity contribution in [1.82, 2.24) is 30.8 Å². The Balaban J connectivity index is 1.23. The first kappa shape index (κ1) is 29.9. The number of methoxy groups -OCH3 is 1. The smallest absolute Gasteiger partial charge is 0.223 e. The van der Waals surface area contributed by atoms with Crippen LogP contribution in [0, 0.1) is 17.2 Å². The van der Waals surface area contributed by atoms with E-state index in [1.165, 1.54) is 12.4 Å². The van der Waals surface area contributed by atoms with E-state index in [4.69, 9.17) is 32.7 Å². The van der Waals surface area contributed by atoms with Gasteiger partial charge in [0, 0.05) is 60.2 Å². The molecule has 44 heavy (non-hydrogen) atoms. The molecule has 3 aromatic heterocycles. The minimum Gasteiger partial charge on any atom is -0.493 e. The van der Waals surface area contributed by atoms with Crippen LogP contribution in [0.5, 0.6) is 11.5 Å². The molecule has 0 radical (unpaired) electrons. The van der Waals surface area contributed by atoms with Gasteiger partial charge in [0.2, 0.25) is 5.91 Å². The van der Waals surface area contributed by atoms with E-state index in [0.717, 1.165) is 36.8 Å². The Kier molecular flexibility index (Phi) is 8.24. The number of piperidine rings is 1. The Labute approximate surface area is 264 Å². The van der Waals surface area contributed by atoms with E-state index in [1.807, 2.05) is 24.8 Å². The summed E-state index contributed by atoms with van der Waals surface area (Å²) in [5.74, 6) is 1.69. The largest absolute Gasteiger partial charge is 0.493 e. The number of rotatable bonds is 8. The highest BCUT2D eigenvalue weighted by Gasteiger charge is 2.42. The zero-order valence-electron chi connectivity index (χ0n) is 24.6. The van der Waals surface area contributed by atoms with Crippen molar-refractivity contribution in [3.8, 4) is 28.8 Å². The molecule has 0 spiro atoms. The molecule has 4 aromatic rings. The Morgan fingerprint density at radius 1 is 1.16 bits per heavy atom. The summed E-state index contributed by atoms with van der Waals surface area (Å²) in [6.45, 7) is 6.74. The van der Waals surface area contributed by atoms with Gasteiger partial charge in [-0.15, -0.1) is 0 Å². The summed E-state index contributed by atoms with van der Waals surface area (Å²) >= 11 is 12.7. The second kappa shape index (κ2) is 12.1. The number of hydrogen-bond donors (Lipinski definition) is 3. The van der Waals surface area contributed by atoms with Crippen LogP contribution in [-0.4, -0.2) is 64.9 Å². The first-order chi connectivity index (χ1) is 21.2. The molecule has 2 aliphatic rings. The molecular weight excluding hydrogens is 603 g/mol. The van der Waals surface area contributed by atoms with E-state index in [-0.39, 0.29) is 17.4 Å². The highest BCUT2D eigenvalue weighted by atomic mass is 35.5. The van der Waals surface area contributed by atoms with E-state index < -0.39 is 6.10 Å². The van der Waals surface area contributed by atoms with Gasteiger partial charge in [-0.05, 0) is 51.9 Å². The first-order valence-electron chi connectivity index (χ1n) is 14.4. The van der Waals surface area contributed by atoms with Crippen LogP contribution in [-0.2, 0) is 4.79 Å². The maximum atomic E-state index is 12.8. The first-order valence-corrected chi connectivity index (χ1v) is 15.1. The lowest BCUT2D eigenvalue weighted by molar-refractivity contribution is -0.127. The summed E-state index contributed by atoms with van der Waals surface area (Å²) < 4.78 is 11.9. The second-order valence-electron chi connectivity index (χ2n) is 11.5. The number of nitrogens with zero attached hydrogens (tertiary/aromatic N) is 5. The van der Waals surface area contributed by atoms with Gasteiger partial charge in [-0.3, -0.25) is 14.9 Å². The number of nitrogens with one attached hydrogen (secondary N) is 3. The molecule has 6 rings (SSSR count). The van der Waals surface area contributed by atoms with Gasteiger partial charge in [-0.25, -0.2) is 4.98 Å². The third-order valence-electron chi connectivity index (χ3n) is 8.22. The number of nitriles is 1. The predicted molar refractivity (Wildman–Crippen MR) is 168 cm³/mol. The van der Waals surface area contributed by atoms with Gasteiger partial charge in [0.15, 0.2) is 11.5 Å². The SMILES string of the molecule is COc1cc2[nH]nc(-c3cnc(N4CC(C)(NC(=O)C5CCNCC5)C4)c(C#N)c3)c2cc1O[C@H](C)c1c(Cl)cncc1Cl. The zero-order valence-corrected chi connectivity index (χ0v) is 26.1. The molecule has 3 N–H and O–H groups in total. The lowest BCUT2D eigenvalue weighted by Gasteiger charge is -2.49. The van der Waals surface area contributed by atoms with Crippen molar-refractivity contribution in [1.29, 1.82) is 5.26 Å². The summed E-state index contributed by atoms with van der Waals surface area (Å²) in [7, 11) is 1.56. The summed E-state index contributed by atoms with van der Waals surface area (Å²) in [6, 6.07) is 7.70. The second-order valence-corrected chi connectivity index (χ2v) is 12.3. The molecule has 2 fully saturated rings. The molecule has 11 nitrogen and oxygen atoms in total. The molecule has 13 heteroatoms. The van der Waals surface area contributed by atoms with E-state index >= 15 is 0 Å². The number of H-pyrrole nitrogens is 1. The monoisotopic (exact) mass is 634 g/mol. The zero-order chi connectivity index (χ0) is 31.0. The summed E-state index contributed by atoms with van der Waals surface area (Å²) in [5.41, 5.74) is 2.67. The number of pyridine rings is 2. The standard InChI is InChI=1S/C31H32Cl2N8O3/c1-17(27-22(32)13-36-14-23(27)33)44-26-9-21-24(10-25(26)43-3)39-40-28(21)20-8-19(11-34)29(37-12-20)41-15-31(2,16-41)38-30(42)18-4-6-35-7-5-18/h8-10,12-14,17-18,35H,4-7,15-16H2,1-3H3,(H,38,42)(H,39,40)/t17-/m1/s1. The topological polar surface area (TPSA) is 141 Å². The minimum atomic E-state index is -0.502. The number of aromatic amines is 1. The Morgan fingerprint density at radius 2 is 1.89 bits per heavy atom. The van der Waals surface area contributed by atoms with Gasteiger partial charge in [0.25, 0.3) is 0 Å². The maximum absolute atomic E-state index is 12.8. The van der Waals surface area contributed by atoms with Crippen LogP contribution in [0.3, 0.4) is 0 Å². The fourth-order valence-corrected chi connectivity index (χ4v) is 6.66. The van der Waals surface area contributed by atoms with E-state index in [0.29, 0.717) is 62.8 Å². The van der Waals surface area contributed by atoms with Gasteiger partial charge < -0.3 is 25.0 Å². The van der Waals surface area contributed by atoms with Crippen LogP contribution in [0.4, 0.5) is 5.82 Å². The Hall–Kier alpha value is -4.11. The molecule has 0 unspecified atom stereocenters. The summed E-state index contributed by atoms with van der Waals surface area (Å²) in [4.78, 5) is 23.5. The lowest BCUT2D eigenvalue weighted by Crippen LogP contribution is -2.69. The Morgan fingerprint density at radius 3 is 2.57 bits per heavy atom. The lowest BCUT2D eigenvalue weighted by atomic mass is 9.89.